The number of phenols is 1. The normalized spacial score (nSPS) is 20.5. The van der Waals surface area contributed by atoms with E-state index in [2.05, 4.69) is 16.0 Å². The number of nitrogens with two attached hydrogens (primary N) is 1. The molecule has 10 heteroatoms. The molecule has 0 bridgehead atoms. The SMILES string of the molecule is CCN1C(=O)[C@H](NC(=O)[C@@H](N)Cc2ccc(O)cc2)CCCCNC(=O)[C@@H](Cc2ccccc2)NC(=O)[C@@H]1Cc1ccccc1. The largest absolute Gasteiger partial charge is 0.508 e. The fourth-order valence-corrected chi connectivity index (χ4v) is 5.56. The molecule has 0 radical (unpaired) electrons. The first-order chi connectivity index (χ1) is 21.7. The van der Waals surface area contributed by atoms with Crippen molar-refractivity contribution in [2.75, 3.05) is 13.1 Å². The van der Waals surface area contributed by atoms with Gasteiger partial charge in [0.25, 0.3) is 0 Å². The monoisotopic (exact) mass is 613 g/mol. The zero-order valence-corrected chi connectivity index (χ0v) is 25.7. The van der Waals surface area contributed by atoms with Gasteiger partial charge in [-0.2, -0.15) is 0 Å². The van der Waals surface area contributed by atoms with Gasteiger partial charge in [0, 0.05) is 25.9 Å². The number of carbonyl (C=O) groups is 4. The molecule has 0 spiro atoms. The number of carbonyl (C=O) groups excluding carboxylic acids is 4. The predicted molar refractivity (Wildman–Crippen MR) is 172 cm³/mol. The number of aromatic hydroxyl groups is 1. The Morgan fingerprint density at radius 2 is 1.51 bits per heavy atom. The molecule has 1 aliphatic heterocycles. The van der Waals surface area contributed by atoms with Crippen LogP contribution in [-0.4, -0.2) is 70.9 Å². The van der Waals surface area contributed by atoms with Gasteiger partial charge in [-0.25, -0.2) is 0 Å². The van der Waals surface area contributed by atoms with Crippen molar-refractivity contribution < 1.29 is 24.3 Å². The maximum absolute atomic E-state index is 14.2. The third kappa shape index (κ3) is 9.64. The molecule has 45 heavy (non-hydrogen) atoms. The topological polar surface area (TPSA) is 154 Å². The van der Waals surface area contributed by atoms with Crippen molar-refractivity contribution >= 4 is 23.6 Å². The van der Waals surface area contributed by atoms with Gasteiger partial charge in [-0.1, -0.05) is 72.8 Å². The second kappa shape index (κ2) is 16.4. The minimum Gasteiger partial charge on any atom is -0.508 e. The Hall–Kier alpha value is -4.70. The van der Waals surface area contributed by atoms with Crippen molar-refractivity contribution in [3.05, 3.63) is 102 Å². The van der Waals surface area contributed by atoms with Crippen molar-refractivity contribution in [2.45, 2.75) is 69.6 Å². The highest BCUT2D eigenvalue weighted by molar-refractivity contribution is 5.95. The van der Waals surface area contributed by atoms with Gasteiger partial charge < -0.3 is 31.7 Å². The molecule has 0 saturated carbocycles. The van der Waals surface area contributed by atoms with E-state index < -0.39 is 36.0 Å². The number of nitrogens with zero attached hydrogens (tertiary/aromatic N) is 1. The van der Waals surface area contributed by atoms with Crippen LogP contribution in [-0.2, 0) is 38.4 Å². The predicted octanol–water partition coefficient (Wildman–Crippen LogP) is 2.23. The van der Waals surface area contributed by atoms with Crippen molar-refractivity contribution in [3.63, 3.8) is 0 Å². The fourth-order valence-electron chi connectivity index (χ4n) is 5.56. The number of hydrogen-bond acceptors (Lipinski definition) is 6. The molecular weight excluding hydrogens is 570 g/mol. The number of nitrogens with one attached hydrogen (secondary N) is 3. The van der Waals surface area contributed by atoms with Gasteiger partial charge in [0.2, 0.25) is 23.6 Å². The third-order valence-electron chi connectivity index (χ3n) is 8.05. The maximum Gasteiger partial charge on any atom is 0.245 e. The number of amides is 4. The summed E-state index contributed by atoms with van der Waals surface area (Å²) < 4.78 is 0. The second-order valence-electron chi connectivity index (χ2n) is 11.4. The average Bonchev–Trinajstić information content (AvgIpc) is 3.05. The van der Waals surface area contributed by atoms with Crippen LogP contribution in [0.1, 0.15) is 42.9 Å². The number of rotatable bonds is 9. The Morgan fingerprint density at radius 1 is 0.889 bits per heavy atom. The number of hydrogen-bond donors (Lipinski definition) is 5. The van der Waals surface area contributed by atoms with Gasteiger partial charge in [-0.05, 0) is 61.4 Å². The Labute approximate surface area is 264 Å². The smallest absolute Gasteiger partial charge is 0.245 e. The van der Waals surface area contributed by atoms with E-state index in [1.165, 1.54) is 17.0 Å². The van der Waals surface area contributed by atoms with E-state index in [0.29, 0.717) is 32.2 Å². The summed E-state index contributed by atoms with van der Waals surface area (Å²) in [5.74, 6) is -1.48. The Morgan fingerprint density at radius 3 is 2.13 bits per heavy atom. The number of likely N-dealkylation sites (N-methyl/N-ethyl adjacent to an activating group) is 1. The van der Waals surface area contributed by atoms with Gasteiger partial charge in [-0.15, -0.1) is 0 Å². The lowest BCUT2D eigenvalue weighted by molar-refractivity contribution is -0.144. The summed E-state index contributed by atoms with van der Waals surface area (Å²) in [6.07, 6.45) is 2.20. The summed E-state index contributed by atoms with van der Waals surface area (Å²) in [4.78, 5) is 56.3. The Balaban J connectivity index is 1.60. The summed E-state index contributed by atoms with van der Waals surface area (Å²) in [6.45, 7) is 2.37. The maximum atomic E-state index is 14.2. The van der Waals surface area contributed by atoms with Crippen LogP contribution in [0.4, 0.5) is 0 Å². The van der Waals surface area contributed by atoms with Crippen LogP contribution in [0.25, 0.3) is 0 Å². The summed E-state index contributed by atoms with van der Waals surface area (Å²) in [7, 11) is 0. The van der Waals surface area contributed by atoms with Crippen LogP contribution >= 0.6 is 0 Å². The Bertz CT molecular complexity index is 1420. The number of benzene rings is 3. The first-order valence-corrected chi connectivity index (χ1v) is 15.6. The van der Waals surface area contributed by atoms with Crippen LogP contribution in [0, 0.1) is 0 Å². The van der Waals surface area contributed by atoms with Gasteiger partial charge >= 0.3 is 0 Å². The molecule has 1 saturated heterocycles. The molecule has 4 amide bonds. The molecule has 1 aliphatic rings. The zero-order chi connectivity index (χ0) is 32.2. The Kier molecular flexibility index (Phi) is 12.1. The average molecular weight is 614 g/mol. The van der Waals surface area contributed by atoms with Gasteiger partial charge in [0.1, 0.15) is 23.9 Å². The van der Waals surface area contributed by atoms with E-state index in [1.807, 2.05) is 60.7 Å². The minimum atomic E-state index is -0.929. The van der Waals surface area contributed by atoms with E-state index in [9.17, 15) is 24.3 Å². The summed E-state index contributed by atoms with van der Waals surface area (Å²) >= 11 is 0. The fraction of sp³-hybridized carbons (Fsp3) is 0.371. The lowest BCUT2D eigenvalue weighted by Gasteiger charge is -2.34. The van der Waals surface area contributed by atoms with Crippen LogP contribution in [0.5, 0.6) is 5.75 Å². The third-order valence-corrected chi connectivity index (χ3v) is 8.05. The van der Waals surface area contributed by atoms with Gasteiger partial charge in [-0.3, -0.25) is 19.2 Å². The molecule has 0 aliphatic carbocycles. The zero-order valence-electron chi connectivity index (χ0n) is 25.7. The minimum absolute atomic E-state index is 0.114. The van der Waals surface area contributed by atoms with Crippen LogP contribution in [0.3, 0.4) is 0 Å². The highest BCUT2D eigenvalue weighted by atomic mass is 16.3. The molecule has 3 aromatic carbocycles. The van der Waals surface area contributed by atoms with Crippen molar-refractivity contribution in [1.29, 1.82) is 0 Å². The van der Waals surface area contributed by atoms with E-state index in [0.717, 1.165) is 16.7 Å². The summed E-state index contributed by atoms with van der Waals surface area (Å²) in [5, 5.41) is 18.3. The van der Waals surface area contributed by atoms with Crippen LogP contribution in [0.15, 0.2) is 84.9 Å². The molecule has 1 heterocycles. The summed E-state index contributed by atoms with van der Waals surface area (Å²) in [5.41, 5.74) is 8.77. The van der Waals surface area contributed by atoms with Gasteiger partial charge in [0.05, 0.1) is 6.04 Å². The lowest BCUT2D eigenvalue weighted by Crippen LogP contribution is -2.59. The molecule has 10 nitrogen and oxygen atoms in total. The number of phenolic OH excluding ortho intramolecular Hbond substituents is 1. The molecule has 0 unspecified atom stereocenters. The standard InChI is InChI=1S/C35H43N5O5/c1-2-40-31(23-25-13-7-4-8-14-25)34(44)39-30(22-24-11-5-3-6-12-24)33(43)37-20-10-9-15-29(35(40)45)38-32(42)28(36)21-26-16-18-27(41)19-17-26/h3-8,11-14,16-19,28-31,41H,2,9-10,15,20-23,36H2,1H3,(H,37,43)(H,38,42)(H,39,44)/t28-,29+,30+,31-/m0/s1. The lowest BCUT2D eigenvalue weighted by atomic mass is 10.00. The van der Waals surface area contributed by atoms with E-state index >= 15 is 0 Å². The highest BCUT2D eigenvalue weighted by Gasteiger charge is 2.36. The molecular formula is C35H43N5O5. The molecule has 4 atom stereocenters. The quantitative estimate of drug-likeness (QED) is 0.250. The molecule has 4 rings (SSSR count). The molecule has 0 aromatic heterocycles. The van der Waals surface area contributed by atoms with Crippen LogP contribution in [0.2, 0.25) is 0 Å². The second-order valence-corrected chi connectivity index (χ2v) is 11.4. The first-order valence-electron chi connectivity index (χ1n) is 15.6. The first kappa shape index (κ1) is 33.2. The van der Waals surface area contributed by atoms with E-state index in [1.54, 1.807) is 19.1 Å². The van der Waals surface area contributed by atoms with E-state index in [-0.39, 0.29) is 37.0 Å². The van der Waals surface area contributed by atoms with Crippen molar-refractivity contribution in [2.24, 2.45) is 5.73 Å². The highest BCUT2D eigenvalue weighted by Crippen LogP contribution is 2.16. The van der Waals surface area contributed by atoms with E-state index in [4.69, 9.17) is 5.73 Å². The van der Waals surface area contributed by atoms with Crippen molar-refractivity contribution in [3.8, 4) is 5.75 Å². The summed E-state index contributed by atoms with van der Waals surface area (Å²) in [6, 6.07) is 21.7. The molecule has 3 aromatic rings. The molecule has 1 fully saturated rings. The molecule has 6 N–H and O–H groups in total. The van der Waals surface area contributed by atoms with Crippen LogP contribution < -0.4 is 21.7 Å². The molecule has 238 valence electrons. The van der Waals surface area contributed by atoms with Gasteiger partial charge in [0.15, 0.2) is 0 Å². The van der Waals surface area contributed by atoms with Crippen molar-refractivity contribution in [1.82, 2.24) is 20.9 Å².